The minimum Gasteiger partial charge on any atom is -0.474 e. The lowest BCUT2D eigenvalue weighted by molar-refractivity contribution is -0.0117. The van der Waals surface area contributed by atoms with Gasteiger partial charge in [0.2, 0.25) is 5.88 Å². The minimum atomic E-state index is -1.01. The van der Waals surface area contributed by atoms with Crippen molar-refractivity contribution in [2.75, 3.05) is 6.61 Å². The van der Waals surface area contributed by atoms with E-state index in [-0.39, 0.29) is 24.0 Å². The van der Waals surface area contributed by atoms with Crippen molar-refractivity contribution < 1.29 is 14.6 Å². The summed E-state index contributed by atoms with van der Waals surface area (Å²) < 4.78 is 6.04. The molecule has 3 aromatic rings. The molecule has 8 nitrogen and oxygen atoms in total. The number of amides is 1. The molecule has 0 aliphatic heterocycles. The van der Waals surface area contributed by atoms with E-state index in [9.17, 15) is 15.2 Å². The van der Waals surface area contributed by atoms with Crippen molar-refractivity contribution in [2.24, 2.45) is 5.92 Å². The third kappa shape index (κ3) is 5.25. The third-order valence-electron chi connectivity index (χ3n) is 5.60. The first kappa shape index (κ1) is 24.9. The Bertz CT molecular complexity index is 1220. The van der Waals surface area contributed by atoms with Gasteiger partial charge in [-0.1, -0.05) is 13.8 Å². The Morgan fingerprint density at radius 2 is 1.91 bits per heavy atom. The summed E-state index contributed by atoms with van der Waals surface area (Å²) in [7, 11) is 0. The number of nitrogens with zero attached hydrogens (tertiary/aromatic N) is 5. The predicted octanol–water partition coefficient (Wildman–Crippen LogP) is 5.53. The van der Waals surface area contributed by atoms with Gasteiger partial charge in [0.05, 0.1) is 11.1 Å². The van der Waals surface area contributed by atoms with Crippen LogP contribution < -0.4 is 4.74 Å². The molecule has 0 aliphatic carbocycles. The average Bonchev–Trinajstić information content (AvgIpc) is 2.75. The standard InChI is InChI=1S/C26H31N5O3/c1-17(2)12-26(6,31(24(32)33)25(3,4)5)16-34-23-18(13-27)11-19(14-30-23)20-7-10-29-22-8-9-28-15-21(20)22/h7-11,14-15,17H,12,16H2,1-6H3,(H,32,33). The molecule has 1 N–H and O–H groups in total. The Hall–Kier alpha value is -3.73. The highest BCUT2D eigenvalue weighted by molar-refractivity contribution is 5.93. The molecule has 3 rings (SSSR count). The van der Waals surface area contributed by atoms with Crippen LogP contribution in [0.1, 0.15) is 53.5 Å². The molecule has 34 heavy (non-hydrogen) atoms. The van der Waals surface area contributed by atoms with Crippen LogP contribution in [0.4, 0.5) is 4.79 Å². The van der Waals surface area contributed by atoms with Crippen molar-refractivity contribution in [2.45, 2.75) is 59.0 Å². The van der Waals surface area contributed by atoms with Gasteiger partial charge >= 0.3 is 6.09 Å². The van der Waals surface area contributed by atoms with E-state index in [2.05, 4.69) is 21.0 Å². The number of pyridine rings is 3. The summed E-state index contributed by atoms with van der Waals surface area (Å²) in [5.41, 5.74) is 1.23. The van der Waals surface area contributed by atoms with Crippen LogP contribution in [-0.4, -0.2) is 48.7 Å². The van der Waals surface area contributed by atoms with Gasteiger partial charge in [-0.05, 0) is 63.8 Å². The summed E-state index contributed by atoms with van der Waals surface area (Å²) in [4.78, 5) is 26.6. The van der Waals surface area contributed by atoms with Crippen LogP contribution in [0.2, 0.25) is 0 Å². The summed E-state index contributed by atoms with van der Waals surface area (Å²) in [6.45, 7) is 11.6. The zero-order chi connectivity index (χ0) is 25.1. The van der Waals surface area contributed by atoms with Crippen molar-refractivity contribution in [1.82, 2.24) is 19.9 Å². The van der Waals surface area contributed by atoms with E-state index in [0.29, 0.717) is 6.42 Å². The van der Waals surface area contributed by atoms with Crippen LogP contribution >= 0.6 is 0 Å². The van der Waals surface area contributed by atoms with Gasteiger partial charge < -0.3 is 9.84 Å². The van der Waals surface area contributed by atoms with Gasteiger partial charge in [-0.2, -0.15) is 5.26 Å². The SMILES string of the molecule is CC(C)CC(C)(COc1ncc(-c2ccnc3ccncc23)cc1C#N)N(C(=O)O)C(C)(C)C. The molecule has 0 fully saturated rings. The van der Waals surface area contributed by atoms with Crippen molar-refractivity contribution in [3.8, 4) is 23.1 Å². The van der Waals surface area contributed by atoms with E-state index in [1.165, 1.54) is 4.90 Å². The maximum absolute atomic E-state index is 12.2. The lowest BCUT2D eigenvalue weighted by atomic mass is 9.86. The highest BCUT2D eigenvalue weighted by atomic mass is 16.5. The number of aromatic nitrogens is 3. The lowest BCUT2D eigenvalue weighted by Gasteiger charge is -2.47. The molecule has 0 saturated heterocycles. The van der Waals surface area contributed by atoms with Crippen LogP contribution in [0.15, 0.2) is 43.0 Å². The van der Waals surface area contributed by atoms with E-state index < -0.39 is 17.2 Å². The predicted molar refractivity (Wildman–Crippen MR) is 130 cm³/mol. The van der Waals surface area contributed by atoms with Gasteiger partial charge in [0.15, 0.2) is 0 Å². The summed E-state index contributed by atoms with van der Waals surface area (Å²) in [6.07, 6.45) is 6.35. The Kier molecular flexibility index (Phi) is 7.06. The van der Waals surface area contributed by atoms with Gasteiger partial charge in [-0.3, -0.25) is 14.9 Å². The zero-order valence-corrected chi connectivity index (χ0v) is 20.5. The fourth-order valence-corrected chi connectivity index (χ4v) is 4.68. The largest absolute Gasteiger partial charge is 0.474 e. The van der Waals surface area contributed by atoms with Crippen LogP contribution in [0.5, 0.6) is 5.88 Å². The molecular formula is C26H31N5O3. The number of carbonyl (C=O) groups is 1. The molecule has 0 radical (unpaired) electrons. The van der Waals surface area contributed by atoms with Crippen LogP contribution in [0, 0.1) is 17.2 Å². The van der Waals surface area contributed by atoms with Crippen molar-refractivity contribution in [3.05, 3.63) is 48.5 Å². The van der Waals surface area contributed by atoms with E-state index in [1.807, 2.05) is 53.7 Å². The Labute approximate surface area is 200 Å². The Balaban J connectivity index is 1.96. The number of hydrogen-bond donors (Lipinski definition) is 1. The lowest BCUT2D eigenvalue weighted by Crippen LogP contribution is -2.61. The van der Waals surface area contributed by atoms with E-state index in [0.717, 1.165) is 22.0 Å². The van der Waals surface area contributed by atoms with Crippen molar-refractivity contribution in [1.29, 1.82) is 5.26 Å². The fraction of sp³-hybridized carbons (Fsp3) is 0.423. The molecule has 1 amide bonds. The maximum atomic E-state index is 12.2. The quantitative estimate of drug-likeness (QED) is 0.492. The number of hydrogen-bond acceptors (Lipinski definition) is 6. The highest BCUT2D eigenvalue weighted by Gasteiger charge is 2.43. The van der Waals surface area contributed by atoms with Gasteiger partial charge in [0.1, 0.15) is 18.2 Å². The monoisotopic (exact) mass is 461 g/mol. The molecule has 8 heteroatoms. The topological polar surface area (TPSA) is 112 Å². The second-order valence-electron chi connectivity index (χ2n) is 10.1. The number of carboxylic acid groups (broad SMARTS) is 1. The Morgan fingerprint density at radius 1 is 1.18 bits per heavy atom. The van der Waals surface area contributed by atoms with E-state index in [1.54, 1.807) is 30.9 Å². The smallest absolute Gasteiger partial charge is 0.408 e. The molecule has 0 spiro atoms. The van der Waals surface area contributed by atoms with Crippen molar-refractivity contribution >= 4 is 17.0 Å². The number of nitriles is 1. The summed E-state index contributed by atoms with van der Waals surface area (Å²) in [5, 5.41) is 20.7. The normalized spacial score (nSPS) is 13.4. The van der Waals surface area contributed by atoms with Gasteiger partial charge in [0.25, 0.3) is 0 Å². The number of fused-ring (bicyclic) bond motifs is 1. The number of rotatable bonds is 7. The molecule has 1 unspecified atom stereocenters. The fourth-order valence-electron chi connectivity index (χ4n) is 4.68. The van der Waals surface area contributed by atoms with E-state index in [4.69, 9.17) is 4.74 Å². The number of ether oxygens (including phenoxy) is 1. The third-order valence-corrected chi connectivity index (χ3v) is 5.60. The molecule has 3 aromatic heterocycles. The minimum absolute atomic E-state index is 0.0673. The van der Waals surface area contributed by atoms with Crippen LogP contribution in [0.3, 0.4) is 0 Å². The maximum Gasteiger partial charge on any atom is 0.408 e. The molecule has 0 bridgehead atoms. The highest BCUT2D eigenvalue weighted by Crippen LogP contribution is 2.33. The Morgan fingerprint density at radius 3 is 2.53 bits per heavy atom. The molecule has 0 aliphatic rings. The molecule has 0 saturated carbocycles. The zero-order valence-electron chi connectivity index (χ0n) is 20.5. The summed E-state index contributed by atoms with van der Waals surface area (Å²) >= 11 is 0. The molecular weight excluding hydrogens is 430 g/mol. The second-order valence-corrected chi connectivity index (χ2v) is 10.1. The molecule has 178 valence electrons. The van der Waals surface area contributed by atoms with Crippen LogP contribution in [-0.2, 0) is 0 Å². The first-order chi connectivity index (χ1) is 16.0. The first-order valence-corrected chi connectivity index (χ1v) is 11.2. The van der Waals surface area contributed by atoms with Gasteiger partial charge in [0, 0.05) is 41.3 Å². The summed E-state index contributed by atoms with van der Waals surface area (Å²) in [5.74, 6) is 0.411. The van der Waals surface area contributed by atoms with Gasteiger partial charge in [-0.15, -0.1) is 0 Å². The summed E-state index contributed by atoms with van der Waals surface area (Å²) in [6, 6.07) is 7.57. The molecule has 1 atom stereocenters. The first-order valence-electron chi connectivity index (χ1n) is 11.2. The molecule has 3 heterocycles. The second kappa shape index (κ2) is 9.64. The van der Waals surface area contributed by atoms with Gasteiger partial charge in [-0.25, -0.2) is 9.78 Å². The van der Waals surface area contributed by atoms with Crippen molar-refractivity contribution in [3.63, 3.8) is 0 Å². The van der Waals surface area contributed by atoms with Crippen LogP contribution in [0.25, 0.3) is 22.0 Å². The average molecular weight is 462 g/mol. The van der Waals surface area contributed by atoms with E-state index >= 15 is 0 Å². The molecule has 0 aromatic carbocycles.